The summed E-state index contributed by atoms with van der Waals surface area (Å²) < 4.78 is 24.3. The molecule has 8 heteroatoms. The van der Waals surface area contributed by atoms with Gasteiger partial charge in [0.05, 0.1) is 36.4 Å². The minimum absolute atomic E-state index is 0.114. The predicted octanol–water partition coefficient (Wildman–Crippen LogP) is 5.43. The SMILES string of the molecule is COc1cc(OC)c(/C(O)=C2\C(=O)C(=O)N(c3cccc(C)c3)C2c2ccc(F)cc2)cc1Cl. The Bertz CT molecular complexity index is 1320. The van der Waals surface area contributed by atoms with E-state index in [4.69, 9.17) is 21.1 Å². The Hall–Kier alpha value is -3.84. The van der Waals surface area contributed by atoms with Crippen molar-refractivity contribution in [2.75, 3.05) is 19.1 Å². The molecule has 1 aliphatic rings. The highest BCUT2D eigenvalue weighted by Crippen LogP contribution is 2.44. The third-order valence-corrected chi connectivity index (χ3v) is 5.93. The molecule has 1 unspecified atom stereocenters. The molecule has 174 valence electrons. The normalized spacial score (nSPS) is 17.2. The lowest BCUT2D eigenvalue weighted by atomic mass is 9.94. The number of carbonyl (C=O) groups excluding carboxylic acids is 2. The number of ether oxygens (including phenoxy) is 2. The lowest BCUT2D eigenvalue weighted by Crippen LogP contribution is -2.29. The first-order valence-electron chi connectivity index (χ1n) is 10.3. The van der Waals surface area contributed by atoms with E-state index in [1.54, 1.807) is 18.2 Å². The summed E-state index contributed by atoms with van der Waals surface area (Å²) in [6.07, 6.45) is 0. The summed E-state index contributed by atoms with van der Waals surface area (Å²) in [5, 5.41) is 11.5. The van der Waals surface area contributed by atoms with E-state index < -0.39 is 29.3 Å². The number of hydrogen-bond acceptors (Lipinski definition) is 5. The highest BCUT2D eigenvalue weighted by molar-refractivity contribution is 6.51. The molecule has 4 rings (SSSR count). The van der Waals surface area contributed by atoms with Gasteiger partial charge in [-0.15, -0.1) is 0 Å². The maximum absolute atomic E-state index is 13.7. The molecule has 1 amide bonds. The van der Waals surface area contributed by atoms with Crippen LogP contribution in [0.3, 0.4) is 0 Å². The van der Waals surface area contributed by atoms with Crippen molar-refractivity contribution in [2.24, 2.45) is 0 Å². The maximum atomic E-state index is 13.7. The second-order valence-electron chi connectivity index (χ2n) is 7.75. The topological polar surface area (TPSA) is 76.1 Å². The predicted molar refractivity (Wildman–Crippen MR) is 127 cm³/mol. The van der Waals surface area contributed by atoms with Gasteiger partial charge in [0.1, 0.15) is 23.1 Å². The van der Waals surface area contributed by atoms with Crippen LogP contribution in [0, 0.1) is 12.7 Å². The average Bonchev–Trinajstić information content (AvgIpc) is 3.09. The second kappa shape index (κ2) is 9.19. The Morgan fingerprint density at radius 2 is 1.68 bits per heavy atom. The smallest absolute Gasteiger partial charge is 0.300 e. The summed E-state index contributed by atoms with van der Waals surface area (Å²) in [4.78, 5) is 27.8. The largest absolute Gasteiger partial charge is 0.507 e. The van der Waals surface area contributed by atoms with Crippen molar-refractivity contribution in [3.8, 4) is 11.5 Å². The van der Waals surface area contributed by atoms with E-state index in [0.29, 0.717) is 17.0 Å². The zero-order chi connectivity index (χ0) is 24.6. The second-order valence-corrected chi connectivity index (χ2v) is 8.15. The van der Waals surface area contributed by atoms with E-state index >= 15 is 0 Å². The quantitative estimate of drug-likeness (QED) is 0.299. The van der Waals surface area contributed by atoms with E-state index in [0.717, 1.165) is 5.56 Å². The molecule has 0 saturated carbocycles. The fraction of sp³-hybridized carbons (Fsp3) is 0.154. The number of rotatable bonds is 5. The number of carbonyl (C=O) groups is 2. The van der Waals surface area contributed by atoms with Gasteiger partial charge in [0.25, 0.3) is 11.7 Å². The van der Waals surface area contributed by atoms with Gasteiger partial charge < -0.3 is 14.6 Å². The molecular weight excluding hydrogens is 461 g/mol. The summed E-state index contributed by atoms with van der Waals surface area (Å²) in [5.74, 6) is -2.14. The summed E-state index contributed by atoms with van der Waals surface area (Å²) in [5.41, 5.74) is 1.73. The third kappa shape index (κ3) is 3.99. The van der Waals surface area contributed by atoms with Crippen LogP contribution in [0.1, 0.15) is 22.7 Å². The Balaban J connectivity index is 1.99. The van der Waals surface area contributed by atoms with Crippen molar-refractivity contribution in [3.63, 3.8) is 0 Å². The fourth-order valence-electron chi connectivity index (χ4n) is 4.03. The van der Waals surface area contributed by atoms with Crippen LogP contribution >= 0.6 is 11.6 Å². The van der Waals surface area contributed by atoms with Gasteiger partial charge in [-0.3, -0.25) is 14.5 Å². The standard InChI is InChI=1S/C26H21ClFNO5/c1-14-5-4-6-17(11-14)29-23(15-7-9-16(28)10-8-15)22(25(31)26(29)32)24(30)18-12-19(27)21(34-3)13-20(18)33-2/h4-13,23,30H,1-3H3/b24-22+. The fourth-order valence-corrected chi connectivity index (χ4v) is 4.27. The summed E-state index contributed by atoms with van der Waals surface area (Å²) in [7, 11) is 2.82. The maximum Gasteiger partial charge on any atom is 0.300 e. The minimum Gasteiger partial charge on any atom is -0.507 e. The van der Waals surface area contributed by atoms with Gasteiger partial charge in [-0.2, -0.15) is 0 Å². The van der Waals surface area contributed by atoms with Gasteiger partial charge in [0.2, 0.25) is 0 Å². The van der Waals surface area contributed by atoms with E-state index in [9.17, 15) is 19.1 Å². The molecular formula is C26H21ClFNO5. The van der Waals surface area contributed by atoms with Crippen molar-refractivity contribution < 1.29 is 28.6 Å². The van der Waals surface area contributed by atoms with Crippen LogP contribution in [0.5, 0.6) is 11.5 Å². The molecule has 1 fully saturated rings. The number of methoxy groups -OCH3 is 2. The molecule has 0 aromatic heterocycles. The van der Waals surface area contributed by atoms with Crippen molar-refractivity contribution in [1.29, 1.82) is 0 Å². The average molecular weight is 482 g/mol. The molecule has 1 atom stereocenters. The lowest BCUT2D eigenvalue weighted by molar-refractivity contribution is -0.132. The molecule has 34 heavy (non-hydrogen) atoms. The van der Waals surface area contributed by atoms with Gasteiger partial charge in [-0.05, 0) is 48.4 Å². The molecule has 3 aromatic carbocycles. The molecule has 1 N–H and O–H groups in total. The first-order chi connectivity index (χ1) is 16.3. The third-order valence-electron chi connectivity index (χ3n) is 5.64. The number of aryl methyl sites for hydroxylation is 1. The van der Waals surface area contributed by atoms with Crippen LogP contribution in [0.15, 0.2) is 66.2 Å². The Morgan fingerprint density at radius 3 is 2.29 bits per heavy atom. The van der Waals surface area contributed by atoms with Crippen LogP contribution in [0.2, 0.25) is 5.02 Å². The summed E-state index contributed by atoms with van der Waals surface area (Å²) in [6, 6.07) is 14.3. The molecule has 0 spiro atoms. The number of Topliss-reactive ketones (excluding diaryl/α,β-unsaturated/α-hetero) is 1. The van der Waals surface area contributed by atoms with Crippen molar-refractivity contribution in [3.05, 3.63) is 93.8 Å². The molecule has 3 aromatic rings. The van der Waals surface area contributed by atoms with Crippen molar-refractivity contribution in [2.45, 2.75) is 13.0 Å². The van der Waals surface area contributed by atoms with Crippen molar-refractivity contribution >= 4 is 34.7 Å². The lowest BCUT2D eigenvalue weighted by Gasteiger charge is -2.26. The van der Waals surface area contributed by atoms with Crippen LogP contribution in [0.25, 0.3) is 5.76 Å². The molecule has 0 aliphatic carbocycles. The highest BCUT2D eigenvalue weighted by atomic mass is 35.5. The summed E-state index contributed by atoms with van der Waals surface area (Å²) >= 11 is 6.27. The van der Waals surface area contributed by atoms with Crippen LogP contribution < -0.4 is 14.4 Å². The number of amides is 1. The van der Waals surface area contributed by atoms with E-state index in [1.165, 1.54) is 55.5 Å². The zero-order valence-electron chi connectivity index (χ0n) is 18.6. The number of aliphatic hydroxyl groups excluding tert-OH is 1. The van der Waals surface area contributed by atoms with Gasteiger partial charge in [-0.25, -0.2) is 4.39 Å². The van der Waals surface area contributed by atoms with Gasteiger partial charge in [0, 0.05) is 11.8 Å². The Labute approximate surface area is 200 Å². The molecule has 1 aliphatic heterocycles. The minimum atomic E-state index is -1.01. The molecule has 0 radical (unpaired) electrons. The zero-order valence-corrected chi connectivity index (χ0v) is 19.4. The van der Waals surface area contributed by atoms with Crippen LogP contribution in [-0.4, -0.2) is 31.0 Å². The first-order valence-corrected chi connectivity index (χ1v) is 10.7. The monoisotopic (exact) mass is 481 g/mol. The van der Waals surface area contributed by atoms with Gasteiger partial charge in [-0.1, -0.05) is 35.9 Å². The number of ketones is 1. The van der Waals surface area contributed by atoms with Crippen LogP contribution in [0.4, 0.5) is 10.1 Å². The van der Waals surface area contributed by atoms with E-state index in [1.807, 2.05) is 13.0 Å². The summed E-state index contributed by atoms with van der Waals surface area (Å²) in [6.45, 7) is 1.86. The van der Waals surface area contributed by atoms with Crippen molar-refractivity contribution in [1.82, 2.24) is 0 Å². The van der Waals surface area contributed by atoms with E-state index in [-0.39, 0.29) is 21.9 Å². The number of benzene rings is 3. The first kappa shape index (κ1) is 23.3. The number of anilines is 1. The van der Waals surface area contributed by atoms with E-state index in [2.05, 4.69) is 0 Å². The Kier molecular flexibility index (Phi) is 6.30. The Morgan fingerprint density at radius 1 is 1.00 bits per heavy atom. The molecule has 1 saturated heterocycles. The number of aliphatic hydroxyl groups is 1. The molecule has 1 heterocycles. The number of halogens is 2. The number of hydrogen-bond donors (Lipinski definition) is 1. The van der Waals surface area contributed by atoms with Gasteiger partial charge >= 0.3 is 0 Å². The van der Waals surface area contributed by atoms with Crippen LogP contribution in [-0.2, 0) is 9.59 Å². The number of nitrogens with zero attached hydrogens (tertiary/aromatic N) is 1. The molecule has 0 bridgehead atoms. The van der Waals surface area contributed by atoms with Gasteiger partial charge in [0.15, 0.2) is 0 Å². The highest BCUT2D eigenvalue weighted by Gasteiger charge is 2.47. The molecule has 6 nitrogen and oxygen atoms in total.